The molecule has 4 nitrogen and oxygen atoms in total. The van der Waals surface area contributed by atoms with Crippen molar-refractivity contribution in [1.82, 2.24) is 10.2 Å². The van der Waals surface area contributed by atoms with E-state index in [1.54, 1.807) is 0 Å². The molecule has 0 saturated carbocycles. The largest absolute Gasteiger partial charge is 0.355 e. The zero-order valence-electron chi connectivity index (χ0n) is 14.8. The first kappa shape index (κ1) is 18.8. The molecular weight excluding hydrogens is 324 g/mol. The number of nitrogens with one attached hydrogen (secondary N) is 1. The minimum atomic E-state index is -0.396. The number of hydrogen-bond donors (Lipinski definition) is 1. The summed E-state index contributed by atoms with van der Waals surface area (Å²) in [4.78, 5) is 26.6. The Balaban J connectivity index is 1.81. The number of halogens is 1. The van der Waals surface area contributed by atoms with E-state index in [2.05, 4.69) is 5.32 Å². The second-order valence-electron chi connectivity index (χ2n) is 7.51. The zero-order chi connectivity index (χ0) is 17.7. The predicted octanol–water partition coefficient (Wildman–Crippen LogP) is 3.28. The molecule has 2 rings (SSSR count). The van der Waals surface area contributed by atoms with Crippen molar-refractivity contribution in [2.75, 3.05) is 19.6 Å². The van der Waals surface area contributed by atoms with Gasteiger partial charge in [-0.2, -0.15) is 0 Å². The smallest absolute Gasteiger partial charge is 0.227 e. The molecule has 1 unspecified atom stereocenters. The molecule has 5 heteroatoms. The molecule has 0 radical (unpaired) electrons. The normalized spacial score (nSPS) is 18.3. The van der Waals surface area contributed by atoms with Gasteiger partial charge in [-0.05, 0) is 37.0 Å². The Kier molecular flexibility index (Phi) is 6.27. The summed E-state index contributed by atoms with van der Waals surface area (Å²) in [6.07, 6.45) is 2.51. The predicted molar refractivity (Wildman–Crippen MR) is 96.9 cm³/mol. The Morgan fingerprint density at radius 2 is 1.92 bits per heavy atom. The van der Waals surface area contributed by atoms with Gasteiger partial charge in [0.15, 0.2) is 0 Å². The lowest BCUT2D eigenvalue weighted by Gasteiger charge is -2.35. The van der Waals surface area contributed by atoms with Crippen molar-refractivity contribution < 1.29 is 9.59 Å². The molecule has 132 valence electrons. The second-order valence-corrected chi connectivity index (χ2v) is 7.94. The van der Waals surface area contributed by atoms with E-state index in [0.29, 0.717) is 18.1 Å². The monoisotopic (exact) mass is 350 g/mol. The number of benzene rings is 1. The number of piperidine rings is 1. The van der Waals surface area contributed by atoms with Crippen molar-refractivity contribution in [3.8, 4) is 0 Å². The summed E-state index contributed by atoms with van der Waals surface area (Å²) in [5.74, 6) is 0.0757. The molecule has 24 heavy (non-hydrogen) atoms. The van der Waals surface area contributed by atoms with Gasteiger partial charge >= 0.3 is 0 Å². The van der Waals surface area contributed by atoms with Gasteiger partial charge in [-0.1, -0.05) is 44.5 Å². The third kappa shape index (κ3) is 5.23. The van der Waals surface area contributed by atoms with E-state index in [1.807, 2.05) is 49.9 Å². The van der Waals surface area contributed by atoms with E-state index >= 15 is 0 Å². The van der Waals surface area contributed by atoms with Crippen LogP contribution in [-0.4, -0.2) is 36.3 Å². The van der Waals surface area contributed by atoms with Gasteiger partial charge in [0.1, 0.15) is 0 Å². The molecule has 1 atom stereocenters. The number of hydrogen-bond acceptors (Lipinski definition) is 2. The quantitative estimate of drug-likeness (QED) is 0.905. The Hall–Kier alpha value is -1.55. The summed E-state index contributed by atoms with van der Waals surface area (Å²) in [5.41, 5.74) is 0.750. The Morgan fingerprint density at radius 3 is 2.54 bits per heavy atom. The van der Waals surface area contributed by atoms with Crippen molar-refractivity contribution in [2.45, 2.75) is 40.0 Å². The number of rotatable bonds is 4. The van der Waals surface area contributed by atoms with E-state index < -0.39 is 5.41 Å². The standard InChI is InChI=1S/C19H27ClN2O2/c1-19(2,3)18(24)22-12-4-5-15(13-22)17(23)21-11-10-14-6-8-16(20)9-7-14/h6-9,15H,4-5,10-13H2,1-3H3,(H,21,23). The third-order valence-corrected chi connectivity index (χ3v) is 4.60. The van der Waals surface area contributed by atoms with Crippen LogP contribution in [0.2, 0.25) is 5.02 Å². The highest BCUT2D eigenvalue weighted by molar-refractivity contribution is 6.30. The lowest BCUT2D eigenvalue weighted by atomic mass is 9.91. The van der Waals surface area contributed by atoms with Crippen molar-refractivity contribution in [2.24, 2.45) is 11.3 Å². The van der Waals surface area contributed by atoms with Crippen LogP contribution in [0.4, 0.5) is 0 Å². The SMILES string of the molecule is CC(C)(C)C(=O)N1CCCC(C(=O)NCCc2ccc(Cl)cc2)C1. The van der Waals surface area contributed by atoms with Gasteiger partial charge in [-0.3, -0.25) is 9.59 Å². The Labute approximate surface area is 149 Å². The second kappa shape index (κ2) is 8.02. The minimum absolute atomic E-state index is 0.0513. The van der Waals surface area contributed by atoms with Crippen LogP contribution in [0.1, 0.15) is 39.2 Å². The number of carbonyl (C=O) groups excluding carboxylic acids is 2. The fourth-order valence-corrected chi connectivity index (χ4v) is 3.10. The molecule has 1 fully saturated rings. The fourth-order valence-electron chi connectivity index (χ4n) is 2.98. The maximum Gasteiger partial charge on any atom is 0.227 e. The lowest BCUT2D eigenvalue weighted by molar-refractivity contribution is -0.142. The van der Waals surface area contributed by atoms with Crippen LogP contribution in [0.25, 0.3) is 0 Å². The molecule has 1 aromatic carbocycles. The van der Waals surface area contributed by atoms with E-state index in [9.17, 15) is 9.59 Å². The number of nitrogens with zero attached hydrogens (tertiary/aromatic N) is 1. The summed E-state index contributed by atoms with van der Waals surface area (Å²) in [6.45, 7) is 7.65. The maximum absolute atomic E-state index is 12.4. The van der Waals surface area contributed by atoms with Gasteiger partial charge in [-0.15, -0.1) is 0 Å². The van der Waals surface area contributed by atoms with Crippen LogP contribution >= 0.6 is 11.6 Å². The van der Waals surface area contributed by atoms with Crippen molar-refractivity contribution in [3.05, 3.63) is 34.9 Å². The summed E-state index contributed by atoms with van der Waals surface area (Å²) in [7, 11) is 0. The Bertz CT molecular complexity index is 578. The molecule has 1 N–H and O–H groups in total. The summed E-state index contributed by atoms with van der Waals surface area (Å²) < 4.78 is 0. The topological polar surface area (TPSA) is 49.4 Å². The zero-order valence-corrected chi connectivity index (χ0v) is 15.5. The molecule has 0 aliphatic carbocycles. The minimum Gasteiger partial charge on any atom is -0.355 e. The number of likely N-dealkylation sites (tertiary alicyclic amines) is 1. The number of amides is 2. The average molecular weight is 351 g/mol. The van der Waals surface area contributed by atoms with Crippen LogP contribution in [-0.2, 0) is 16.0 Å². The fraction of sp³-hybridized carbons (Fsp3) is 0.579. The molecule has 1 aromatic rings. The highest BCUT2D eigenvalue weighted by Gasteiger charge is 2.33. The van der Waals surface area contributed by atoms with Crippen molar-refractivity contribution in [1.29, 1.82) is 0 Å². The lowest BCUT2D eigenvalue weighted by Crippen LogP contribution is -2.48. The van der Waals surface area contributed by atoms with Crippen molar-refractivity contribution >= 4 is 23.4 Å². The van der Waals surface area contributed by atoms with E-state index in [1.165, 1.54) is 0 Å². The summed E-state index contributed by atoms with van der Waals surface area (Å²) in [6, 6.07) is 7.66. The molecule has 1 aliphatic rings. The molecule has 0 aromatic heterocycles. The molecule has 1 saturated heterocycles. The molecule has 2 amide bonds. The van der Waals surface area contributed by atoms with E-state index in [-0.39, 0.29) is 17.7 Å². The van der Waals surface area contributed by atoms with Gasteiger partial charge in [0.2, 0.25) is 11.8 Å². The van der Waals surface area contributed by atoms with Crippen LogP contribution in [0.3, 0.4) is 0 Å². The van der Waals surface area contributed by atoms with E-state index in [0.717, 1.165) is 31.4 Å². The Morgan fingerprint density at radius 1 is 1.25 bits per heavy atom. The first-order valence-electron chi connectivity index (χ1n) is 8.59. The van der Waals surface area contributed by atoms with Crippen molar-refractivity contribution in [3.63, 3.8) is 0 Å². The summed E-state index contributed by atoms with van der Waals surface area (Å²) >= 11 is 5.87. The number of carbonyl (C=O) groups is 2. The third-order valence-electron chi connectivity index (χ3n) is 4.35. The highest BCUT2D eigenvalue weighted by atomic mass is 35.5. The molecule has 1 heterocycles. The molecule has 0 spiro atoms. The highest BCUT2D eigenvalue weighted by Crippen LogP contribution is 2.23. The van der Waals surface area contributed by atoms with Gasteiger partial charge in [-0.25, -0.2) is 0 Å². The molecular formula is C19H27ClN2O2. The first-order valence-corrected chi connectivity index (χ1v) is 8.96. The summed E-state index contributed by atoms with van der Waals surface area (Å²) in [5, 5.41) is 3.72. The average Bonchev–Trinajstić information content (AvgIpc) is 2.55. The van der Waals surface area contributed by atoms with Gasteiger partial charge in [0.05, 0.1) is 5.92 Å². The molecule has 1 aliphatic heterocycles. The van der Waals surface area contributed by atoms with Gasteiger partial charge < -0.3 is 10.2 Å². The maximum atomic E-state index is 12.4. The first-order chi connectivity index (χ1) is 11.3. The van der Waals surface area contributed by atoms with Crippen LogP contribution in [0.5, 0.6) is 0 Å². The van der Waals surface area contributed by atoms with Gasteiger partial charge in [0.25, 0.3) is 0 Å². The van der Waals surface area contributed by atoms with Gasteiger partial charge in [0, 0.05) is 30.1 Å². The van der Waals surface area contributed by atoms with E-state index in [4.69, 9.17) is 11.6 Å². The van der Waals surface area contributed by atoms with Crippen LogP contribution < -0.4 is 5.32 Å². The van der Waals surface area contributed by atoms with Crippen LogP contribution in [0, 0.1) is 11.3 Å². The molecule has 0 bridgehead atoms. The van der Waals surface area contributed by atoms with Crippen LogP contribution in [0.15, 0.2) is 24.3 Å².